The lowest BCUT2D eigenvalue weighted by atomic mass is 10.4. The molecule has 0 aromatic heterocycles. The second-order valence-corrected chi connectivity index (χ2v) is 5.26. The molecule has 0 fully saturated rings. The molecular weight excluding hydrogens is 368 g/mol. The molecule has 0 rings (SSSR count). The third-order valence-electron chi connectivity index (χ3n) is 1.57. The molecule has 0 aromatic rings. The van der Waals surface area contributed by atoms with Crippen LogP contribution in [0.3, 0.4) is 0 Å². The van der Waals surface area contributed by atoms with Crippen LogP contribution in [0.1, 0.15) is 66.7 Å². The average molecular weight is 415 g/mol. The van der Waals surface area contributed by atoms with E-state index < -0.39 is 5.97 Å². The highest BCUT2D eigenvalue weighted by atomic mass is 32.1. The first-order chi connectivity index (χ1) is 12.7. The lowest BCUT2D eigenvalue weighted by Crippen LogP contribution is -1.93. The fourth-order valence-electron chi connectivity index (χ4n) is 0.0956. The van der Waals surface area contributed by atoms with Gasteiger partial charge in [-0.3, -0.25) is 4.79 Å². The maximum absolute atomic E-state index is 9.55. The highest BCUT2D eigenvalue weighted by molar-refractivity contribution is 7.80. The van der Waals surface area contributed by atoms with Crippen LogP contribution in [0.5, 0.6) is 0 Å². The largest absolute Gasteiger partial charge is 0.481 e. The van der Waals surface area contributed by atoms with Gasteiger partial charge in [0, 0.05) is 32.2 Å². The van der Waals surface area contributed by atoms with Gasteiger partial charge < -0.3 is 25.5 Å². The lowest BCUT2D eigenvalue weighted by molar-refractivity contribution is -0.136. The zero-order valence-electron chi connectivity index (χ0n) is 18.2. The summed E-state index contributed by atoms with van der Waals surface area (Å²) in [5.74, 6) is -0.361. The van der Waals surface area contributed by atoms with Crippen LogP contribution in [-0.4, -0.2) is 63.7 Å². The van der Waals surface area contributed by atoms with E-state index in [4.69, 9.17) is 25.5 Å². The van der Waals surface area contributed by atoms with E-state index in [1.807, 2.05) is 34.6 Å². The third kappa shape index (κ3) is 203. The van der Waals surface area contributed by atoms with Crippen molar-refractivity contribution in [3.63, 3.8) is 0 Å². The topological polar surface area (TPSA) is 118 Å². The molecule has 0 amide bonds. The second kappa shape index (κ2) is 56.2. The van der Waals surface area contributed by atoms with Crippen LogP contribution in [0.15, 0.2) is 24.8 Å². The lowest BCUT2D eigenvalue weighted by Gasteiger charge is -1.79. The molecule has 0 heterocycles. The Kier molecular flexibility index (Phi) is 84.8. The smallest absolute Gasteiger partial charge is 0.304 e. The number of aliphatic carboxylic acids is 1. The van der Waals surface area contributed by atoms with Gasteiger partial charge in [0.2, 0.25) is 0 Å². The van der Waals surface area contributed by atoms with Crippen molar-refractivity contribution in [2.45, 2.75) is 66.7 Å². The predicted molar refractivity (Wildman–Crippen MR) is 121 cm³/mol. The molecule has 0 spiro atoms. The third-order valence-corrected chi connectivity index (χ3v) is 1.79. The van der Waals surface area contributed by atoms with E-state index in [2.05, 4.69) is 25.8 Å². The van der Waals surface area contributed by atoms with Crippen molar-refractivity contribution in [1.82, 2.24) is 0 Å². The fraction of sp³-hybridized carbons (Fsp3) is 0.750. The first-order valence-electron chi connectivity index (χ1n) is 9.24. The minimum absolute atomic E-state index is 0.156. The van der Waals surface area contributed by atoms with Gasteiger partial charge in [0.15, 0.2) is 0 Å². The summed E-state index contributed by atoms with van der Waals surface area (Å²) in [5, 5.41) is 39.4. The van der Waals surface area contributed by atoms with E-state index in [1.165, 1.54) is 0 Å². The van der Waals surface area contributed by atoms with Crippen LogP contribution in [0.25, 0.3) is 0 Å². The highest BCUT2D eigenvalue weighted by Crippen LogP contribution is 1.81. The van der Waals surface area contributed by atoms with Crippen LogP contribution in [0, 0.1) is 0 Å². The number of rotatable bonds is 7. The molecule has 6 nitrogen and oxygen atoms in total. The van der Waals surface area contributed by atoms with Crippen molar-refractivity contribution in [3.05, 3.63) is 24.8 Å². The van der Waals surface area contributed by atoms with Crippen molar-refractivity contribution < 1.29 is 30.3 Å². The second-order valence-electron chi connectivity index (χ2n) is 4.81. The molecular formula is C20H46O6S. The molecule has 0 aliphatic rings. The Morgan fingerprint density at radius 1 is 0.852 bits per heavy atom. The van der Waals surface area contributed by atoms with Gasteiger partial charge in [-0.2, -0.15) is 12.6 Å². The van der Waals surface area contributed by atoms with Crippen molar-refractivity contribution in [2.75, 3.05) is 32.2 Å². The van der Waals surface area contributed by atoms with Crippen LogP contribution in [-0.2, 0) is 4.79 Å². The predicted octanol–water partition coefficient (Wildman–Crippen LogP) is 3.69. The summed E-state index contributed by atoms with van der Waals surface area (Å²) in [4.78, 5) is 9.55. The number of carboxylic acid groups (broad SMARTS) is 1. The molecule has 5 N–H and O–H groups in total. The van der Waals surface area contributed by atoms with Crippen molar-refractivity contribution in [2.24, 2.45) is 0 Å². The number of hydrogen-bond acceptors (Lipinski definition) is 6. The molecule has 0 radical (unpaired) electrons. The Morgan fingerprint density at radius 3 is 1.04 bits per heavy atom. The van der Waals surface area contributed by atoms with Gasteiger partial charge in [0.05, 0.1) is 6.42 Å². The summed E-state index contributed by atoms with van der Waals surface area (Å²) < 4.78 is 0. The van der Waals surface area contributed by atoms with Crippen molar-refractivity contribution >= 4 is 18.6 Å². The summed E-state index contributed by atoms with van der Waals surface area (Å²) >= 11 is 3.68. The zero-order chi connectivity index (χ0) is 22.9. The standard InChI is InChI=1S/C5H8.C3H6O2S.4C3H8O/c1-4-5(2)3;4-3(5)1-2-6;4*1-2-3-4/h4H,1-2H2,3H3;6H,1-2H2,(H,4,5);4*4H,2-3H2,1H3. The minimum atomic E-state index is -0.787. The summed E-state index contributed by atoms with van der Waals surface area (Å²) in [6, 6.07) is 0. The fourth-order valence-corrected chi connectivity index (χ4v) is 0.287. The molecule has 0 aromatic carbocycles. The molecule has 0 saturated heterocycles. The van der Waals surface area contributed by atoms with Gasteiger partial charge in [-0.25, -0.2) is 0 Å². The molecule has 0 aliphatic heterocycles. The van der Waals surface area contributed by atoms with E-state index in [0.717, 1.165) is 31.3 Å². The number of allylic oxidation sites excluding steroid dienone is 2. The van der Waals surface area contributed by atoms with Gasteiger partial charge in [-0.05, 0) is 32.6 Å². The first-order valence-corrected chi connectivity index (χ1v) is 9.87. The van der Waals surface area contributed by atoms with E-state index in [0.29, 0.717) is 32.2 Å². The Morgan fingerprint density at radius 2 is 1.04 bits per heavy atom. The van der Waals surface area contributed by atoms with Gasteiger partial charge in [-0.15, -0.1) is 0 Å². The summed E-state index contributed by atoms with van der Waals surface area (Å²) in [6.07, 6.45) is 5.38. The normalized spacial score (nSPS) is 7.48. The number of thiol groups is 1. The molecule has 0 saturated carbocycles. The summed E-state index contributed by atoms with van der Waals surface area (Å²) in [5.41, 5.74) is 1.02. The van der Waals surface area contributed by atoms with E-state index in [1.54, 1.807) is 6.08 Å². The zero-order valence-corrected chi connectivity index (χ0v) is 19.0. The molecule has 7 heteroatoms. The molecule has 0 bridgehead atoms. The van der Waals surface area contributed by atoms with Crippen LogP contribution in [0.4, 0.5) is 0 Å². The van der Waals surface area contributed by atoms with Crippen molar-refractivity contribution in [3.8, 4) is 0 Å². The highest BCUT2D eigenvalue weighted by Gasteiger charge is 1.88. The van der Waals surface area contributed by atoms with Crippen molar-refractivity contribution in [1.29, 1.82) is 0 Å². The number of carboxylic acids is 1. The van der Waals surface area contributed by atoms with Crippen LogP contribution in [0.2, 0.25) is 0 Å². The quantitative estimate of drug-likeness (QED) is 0.279. The Hall–Kier alpha value is -0.860. The SMILES string of the molecule is C=CC(=C)C.CCCO.CCCO.CCCO.CCCO.O=C(O)CCS. The summed E-state index contributed by atoms with van der Waals surface area (Å²) in [6.45, 7) is 17.9. The molecule has 27 heavy (non-hydrogen) atoms. The maximum atomic E-state index is 9.55. The average Bonchev–Trinajstić information content (AvgIpc) is 2.68. The minimum Gasteiger partial charge on any atom is -0.481 e. The summed E-state index contributed by atoms with van der Waals surface area (Å²) in [7, 11) is 0. The number of carbonyl (C=O) groups is 1. The van der Waals surface area contributed by atoms with E-state index >= 15 is 0 Å². The van der Waals surface area contributed by atoms with Gasteiger partial charge in [0.25, 0.3) is 0 Å². The monoisotopic (exact) mass is 414 g/mol. The Bertz CT molecular complexity index is 225. The van der Waals surface area contributed by atoms with Crippen LogP contribution >= 0.6 is 12.6 Å². The number of aliphatic hydroxyl groups excluding tert-OH is 4. The molecule has 0 atom stereocenters. The molecule has 0 unspecified atom stereocenters. The Labute approximate surface area is 173 Å². The van der Waals surface area contributed by atoms with E-state index in [-0.39, 0.29) is 6.42 Å². The van der Waals surface area contributed by atoms with Gasteiger partial charge in [-0.1, -0.05) is 52.5 Å². The van der Waals surface area contributed by atoms with Gasteiger partial charge in [0.1, 0.15) is 0 Å². The Balaban J connectivity index is -0.0000000494. The maximum Gasteiger partial charge on any atom is 0.304 e. The number of hydrogen-bond donors (Lipinski definition) is 6. The number of aliphatic hydroxyl groups is 4. The van der Waals surface area contributed by atoms with E-state index in [9.17, 15) is 4.79 Å². The van der Waals surface area contributed by atoms with Crippen LogP contribution < -0.4 is 0 Å². The molecule has 168 valence electrons. The first kappa shape index (κ1) is 40.7. The van der Waals surface area contributed by atoms with Gasteiger partial charge >= 0.3 is 5.97 Å². The molecule has 0 aliphatic carbocycles.